The quantitative estimate of drug-likeness (QED) is 0.698. The van der Waals surface area contributed by atoms with Gasteiger partial charge in [-0.15, -0.1) is 11.3 Å². The lowest BCUT2D eigenvalue weighted by atomic mass is 10.2. The predicted octanol–water partition coefficient (Wildman–Crippen LogP) is 4.35. The fraction of sp³-hybridized carbons (Fsp3) is 0.389. The van der Waals surface area contributed by atoms with Crippen LogP contribution in [0.2, 0.25) is 0 Å². The first-order valence-corrected chi connectivity index (χ1v) is 9.04. The van der Waals surface area contributed by atoms with Crippen molar-refractivity contribution in [2.45, 2.75) is 32.4 Å². The normalized spacial score (nSPS) is 16.9. The monoisotopic (exact) mass is 327 g/mol. The van der Waals surface area contributed by atoms with Crippen molar-refractivity contribution in [1.29, 1.82) is 0 Å². The molecule has 0 saturated carbocycles. The van der Waals surface area contributed by atoms with Crippen LogP contribution in [0.3, 0.4) is 0 Å². The Hall–Kier alpha value is -1.85. The van der Waals surface area contributed by atoms with Gasteiger partial charge in [0.05, 0.1) is 17.2 Å². The molecule has 1 saturated heterocycles. The Morgan fingerprint density at radius 1 is 1.30 bits per heavy atom. The number of furan rings is 1. The van der Waals surface area contributed by atoms with E-state index in [-0.39, 0.29) is 6.04 Å². The van der Waals surface area contributed by atoms with Crippen LogP contribution in [0, 0.1) is 6.92 Å². The Bertz CT molecular complexity index is 753. The van der Waals surface area contributed by atoms with E-state index in [9.17, 15) is 0 Å². The molecule has 120 valence electrons. The summed E-state index contributed by atoms with van der Waals surface area (Å²) in [4.78, 5) is 8.40. The van der Waals surface area contributed by atoms with E-state index in [0.717, 1.165) is 31.2 Å². The molecule has 4 nitrogen and oxygen atoms in total. The van der Waals surface area contributed by atoms with Crippen molar-refractivity contribution in [3.63, 3.8) is 0 Å². The van der Waals surface area contributed by atoms with Gasteiger partial charge >= 0.3 is 0 Å². The van der Waals surface area contributed by atoms with Crippen LogP contribution in [-0.2, 0) is 6.54 Å². The van der Waals surface area contributed by atoms with Crippen LogP contribution in [0.5, 0.6) is 0 Å². The molecule has 0 N–H and O–H groups in total. The third-order valence-corrected chi connectivity index (χ3v) is 5.62. The van der Waals surface area contributed by atoms with E-state index in [1.54, 1.807) is 17.6 Å². The smallest absolute Gasteiger partial charge is 0.150 e. The van der Waals surface area contributed by atoms with Crippen LogP contribution in [0.15, 0.2) is 46.7 Å². The van der Waals surface area contributed by atoms with Crippen molar-refractivity contribution in [3.8, 4) is 10.7 Å². The van der Waals surface area contributed by atoms with Crippen LogP contribution in [-0.4, -0.2) is 27.5 Å². The molecule has 1 aliphatic heterocycles. The van der Waals surface area contributed by atoms with E-state index in [0.29, 0.717) is 0 Å². The van der Waals surface area contributed by atoms with Crippen molar-refractivity contribution in [1.82, 2.24) is 14.5 Å². The Balaban J connectivity index is 1.65. The van der Waals surface area contributed by atoms with E-state index < -0.39 is 0 Å². The first kappa shape index (κ1) is 14.7. The van der Waals surface area contributed by atoms with Gasteiger partial charge in [0.1, 0.15) is 11.6 Å². The summed E-state index contributed by atoms with van der Waals surface area (Å²) in [6.45, 7) is 5.32. The van der Waals surface area contributed by atoms with E-state index >= 15 is 0 Å². The van der Waals surface area contributed by atoms with Gasteiger partial charge < -0.3 is 8.98 Å². The summed E-state index contributed by atoms with van der Waals surface area (Å²) in [6.07, 6.45) is 8.31. The Kier molecular flexibility index (Phi) is 4.06. The van der Waals surface area contributed by atoms with Crippen molar-refractivity contribution in [2.24, 2.45) is 0 Å². The third-order valence-electron chi connectivity index (χ3n) is 4.60. The molecule has 3 aromatic rings. The fourth-order valence-electron chi connectivity index (χ4n) is 3.37. The van der Waals surface area contributed by atoms with E-state index in [1.807, 2.05) is 12.3 Å². The molecule has 1 aliphatic rings. The highest BCUT2D eigenvalue weighted by molar-refractivity contribution is 7.13. The minimum Gasteiger partial charge on any atom is -0.468 e. The number of hydrogen-bond donors (Lipinski definition) is 0. The summed E-state index contributed by atoms with van der Waals surface area (Å²) >= 11 is 1.76. The summed E-state index contributed by atoms with van der Waals surface area (Å²) in [5, 5.41) is 2.13. The van der Waals surface area contributed by atoms with Gasteiger partial charge in [-0.25, -0.2) is 4.98 Å². The average Bonchev–Trinajstić information content (AvgIpc) is 3.32. The van der Waals surface area contributed by atoms with Crippen LogP contribution < -0.4 is 0 Å². The first-order chi connectivity index (χ1) is 11.3. The van der Waals surface area contributed by atoms with Crippen LogP contribution >= 0.6 is 11.3 Å². The van der Waals surface area contributed by atoms with E-state index in [2.05, 4.69) is 45.1 Å². The zero-order valence-electron chi connectivity index (χ0n) is 13.3. The highest BCUT2D eigenvalue weighted by Gasteiger charge is 2.26. The Morgan fingerprint density at radius 3 is 2.87 bits per heavy atom. The molecule has 0 bridgehead atoms. The second-order valence-electron chi connectivity index (χ2n) is 6.11. The fourth-order valence-corrected chi connectivity index (χ4v) is 4.31. The van der Waals surface area contributed by atoms with Gasteiger partial charge in [0.15, 0.2) is 0 Å². The molecule has 23 heavy (non-hydrogen) atoms. The first-order valence-electron chi connectivity index (χ1n) is 8.16. The maximum atomic E-state index is 5.74. The highest BCUT2D eigenvalue weighted by Crippen LogP contribution is 2.31. The number of aromatic nitrogens is 2. The zero-order valence-corrected chi connectivity index (χ0v) is 14.1. The topological polar surface area (TPSA) is 34.2 Å². The maximum absolute atomic E-state index is 5.74. The number of nitrogens with zero attached hydrogens (tertiary/aromatic N) is 3. The molecular weight excluding hydrogens is 306 g/mol. The number of hydrogen-bond acceptors (Lipinski definition) is 4. The Labute approximate surface area is 140 Å². The zero-order chi connectivity index (χ0) is 15.6. The molecule has 4 heterocycles. The summed E-state index contributed by atoms with van der Waals surface area (Å²) in [5.74, 6) is 2.11. The molecule has 4 rings (SSSR count). The largest absolute Gasteiger partial charge is 0.468 e. The van der Waals surface area contributed by atoms with Gasteiger partial charge in [-0.3, -0.25) is 4.90 Å². The second-order valence-corrected chi connectivity index (χ2v) is 7.03. The molecule has 5 heteroatoms. The third kappa shape index (κ3) is 2.86. The van der Waals surface area contributed by atoms with Crippen LogP contribution in [0.1, 0.15) is 30.2 Å². The summed E-state index contributed by atoms with van der Waals surface area (Å²) in [6, 6.07) is 6.51. The molecule has 0 aliphatic carbocycles. The van der Waals surface area contributed by atoms with Gasteiger partial charge in [0, 0.05) is 18.9 Å². The van der Waals surface area contributed by atoms with Crippen molar-refractivity contribution in [2.75, 3.05) is 13.1 Å². The van der Waals surface area contributed by atoms with Crippen LogP contribution in [0.4, 0.5) is 0 Å². The molecule has 1 fully saturated rings. The molecule has 3 aromatic heterocycles. The lowest BCUT2D eigenvalue weighted by molar-refractivity contribution is 0.194. The van der Waals surface area contributed by atoms with Crippen molar-refractivity contribution >= 4 is 11.3 Å². The Morgan fingerprint density at radius 2 is 2.17 bits per heavy atom. The molecule has 0 amide bonds. The molecule has 0 spiro atoms. The SMILES string of the molecule is Cc1ccsc1-c1nccn1C[C@H](c1ccco1)N1CCCC1. The number of rotatable bonds is 5. The van der Waals surface area contributed by atoms with Gasteiger partial charge in [-0.1, -0.05) is 0 Å². The maximum Gasteiger partial charge on any atom is 0.150 e. The van der Waals surface area contributed by atoms with Gasteiger partial charge in [-0.2, -0.15) is 0 Å². The van der Waals surface area contributed by atoms with E-state index in [4.69, 9.17) is 4.42 Å². The van der Waals surface area contributed by atoms with Crippen molar-refractivity contribution < 1.29 is 4.42 Å². The lowest BCUT2D eigenvalue weighted by Gasteiger charge is -2.26. The number of imidazole rings is 1. The molecule has 0 radical (unpaired) electrons. The molecule has 0 aromatic carbocycles. The average molecular weight is 327 g/mol. The van der Waals surface area contributed by atoms with Gasteiger partial charge in [-0.05, 0) is 62.0 Å². The van der Waals surface area contributed by atoms with Crippen LogP contribution in [0.25, 0.3) is 10.7 Å². The molecular formula is C18H21N3OS. The predicted molar refractivity (Wildman–Crippen MR) is 92.5 cm³/mol. The van der Waals surface area contributed by atoms with Gasteiger partial charge in [0.2, 0.25) is 0 Å². The molecule has 1 atom stereocenters. The van der Waals surface area contributed by atoms with Gasteiger partial charge in [0.25, 0.3) is 0 Å². The van der Waals surface area contributed by atoms with Crippen molar-refractivity contribution in [3.05, 3.63) is 53.6 Å². The number of likely N-dealkylation sites (tertiary alicyclic amines) is 1. The van der Waals surface area contributed by atoms with E-state index in [1.165, 1.54) is 23.3 Å². The minimum atomic E-state index is 0.278. The summed E-state index contributed by atoms with van der Waals surface area (Å²) in [7, 11) is 0. The summed E-state index contributed by atoms with van der Waals surface area (Å²) in [5.41, 5.74) is 1.29. The number of thiophene rings is 1. The second kappa shape index (κ2) is 6.34. The minimum absolute atomic E-state index is 0.278. The standard InChI is InChI=1S/C18H21N3OS/c1-14-6-12-23-17(14)18-19-7-10-21(18)13-15(16-5-4-11-22-16)20-8-2-3-9-20/h4-7,10-12,15H,2-3,8-9,13H2,1H3/t15-/m1/s1. The molecule has 0 unspecified atom stereocenters. The summed E-state index contributed by atoms with van der Waals surface area (Å²) < 4.78 is 8.01. The highest BCUT2D eigenvalue weighted by atomic mass is 32.1. The number of aryl methyl sites for hydroxylation is 1. The lowest BCUT2D eigenvalue weighted by Crippen LogP contribution is -2.29.